The SMILES string of the molecule is Cc1ccc(Nc2cccc3c2CCN(S(C)(=O)=O)C3)cc1-c1ccc(N(C)C)cn1. The number of fused-ring (bicyclic) bond motifs is 1. The molecule has 4 rings (SSSR count). The Morgan fingerprint density at radius 1 is 1.10 bits per heavy atom. The van der Waals surface area contributed by atoms with Gasteiger partial charge in [-0.15, -0.1) is 0 Å². The van der Waals surface area contributed by atoms with Crippen LogP contribution in [0.2, 0.25) is 0 Å². The van der Waals surface area contributed by atoms with Gasteiger partial charge in [-0.1, -0.05) is 18.2 Å². The molecule has 31 heavy (non-hydrogen) atoms. The largest absolute Gasteiger partial charge is 0.376 e. The molecule has 0 radical (unpaired) electrons. The molecule has 0 bridgehead atoms. The molecule has 1 aliphatic rings. The number of nitrogens with zero attached hydrogens (tertiary/aromatic N) is 3. The summed E-state index contributed by atoms with van der Waals surface area (Å²) >= 11 is 0. The zero-order chi connectivity index (χ0) is 22.2. The van der Waals surface area contributed by atoms with E-state index in [1.807, 2.05) is 43.4 Å². The zero-order valence-electron chi connectivity index (χ0n) is 18.4. The lowest BCUT2D eigenvalue weighted by molar-refractivity contribution is 0.395. The molecule has 0 saturated heterocycles. The number of pyridine rings is 1. The first-order valence-electron chi connectivity index (χ1n) is 10.3. The predicted octanol–water partition coefficient (Wildman–Crippen LogP) is 4.18. The molecule has 2 heterocycles. The third-order valence-corrected chi connectivity index (χ3v) is 7.01. The number of aromatic nitrogens is 1. The summed E-state index contributed by atoms with van der Waals surface area (Å²) in [5, 5.41) is 3.55. The summed E-state index contributed by atoms with van der Waals surface area (Å²) < 4.78 is 25.4. The van der Waals surface area contributed by atoms with Crippen molar-refractivity contribution in [3.05, 3.63) is 71.4 Å². The van der Waals surface area contributed by atoms with Crippen molar-refractivity contribution in [2.75, 3.05) is 37.1 Å². The van der Waals surface area contributed by atoms with Gasteiger partial charge < -0.3 is 10.2 Å². The van der Waals surface area contributed by atoms with Gasteiger partial charge in [-0.3, -0.25) is 4.98 Å². The fraction of sp³-hybridized carbons (Fsp3) is 0.292. The van der Waals surface area contributed by atoms with Crippen molar-refractivity contribution in [3.63, 3.8) is 0 Å². The molecule has 0 amide bonds. The lowest BCUT2D eigenvalue weighted by Crippen LogP contribution is -2.35. The number of anilines is 3. The maximum absolute atomic E-state index is 11.9. The highest BCUT2D eigenvalue weighted by molar-refractivity contribution is 7.88. The van der Waals surface area contributed by atoms with Crippen LogP contribution in [0.5, 0.6) is 0 Å². The van der Waals surface area contributed by atoms with Crippen LogP contribution in [-0.2, 0) is 23.0 Å². The normalized spacial score (nSPS) is 14.2. The first-order valence-corrected chi connectivity index (χ1v) is 12.1. The van der Waals surface area contributed by atoms with Crippen LogP contribution in [0.25, 0.3) is 11.3 Å². The summed E-state index contributed by atoms with van der Waals surface area (Å²) in [5.41, 5.74) is 8.49. The minimum Gasteiger partial charge on any atom is -0.376 e. The molecule has 0 unspecified atom stereocenters. The molecule has 162 valence electrons. The van der Waals surface area contributed by atoms with E-state index in [1.165, 1.54) is 16.1 Å². The number of hydrogen-bond donors (Lipinski definition) is 1. The lowest BCUT2D eigenvalue weighted by Gasteiger charge is -2.28. The van der Waals surface area contributed by atoms with Crippen LogP contribution in [0.3, 0.4) is 0 Å². The molecule has 0 aliphatic carbocycles. The Kier molecular flexibility index (Phi) is 5.73. The molecule has 7 heteroatoms. The van der Waals surface area contributed by atoms with E-state index in [1.54, 1.807) is 0 Å². The molecule has 1 N–H and O–H groups in total. The molecular weight excluding hydrogens is 408 g/mol. The molecule has 0 saturated carbocycles. The van der Waals surface area contributed by atoms with Crippen LogP contribution < -0.4 is 10.2 Å². The van der Waals surface area contributed by atoms with E-state index in [0.717, 1.165) is 39.4 Å². The van der Waals surface area contributed by atoms with E-state index in [9.17, 15) is 8.42 Å². The molecule has 3 aromatic rings. The van der Waals surface area contributed by atoms with Crippen LogP contribution in [0, 0.1) is 6.92 Å². The van der Waals surface area contributed by atoms with Crippen molar-refractivity contribution >= 4 is 27.1 Å². The number of aryl methyl sites for hydroxylation is 1. The minimum atomic E-state index is -3.19. The molecule has 1 aliphatic heterocycles. The van der Waals surface area contributed by atoms with Gasteiger partial charge in [0.05, 0.1) is 23.8 Å². The first kappa shape index (κ1) is 21.3. The van der Waals surface area contributed by atoms with Gasteiger partial charge in [-0.2, -0.15) is 4.31 Å². The second kappa shape index (κ2) is 8.32. The highest BCUT2D eigenvalue weighted by Gasteiger charge is 2.24. The van der Waals surface area contributed by atoms with Crippen molar-refractivity contribution in [3.8, 4) is 11.3 Å². The molecule has 0 spiro atoms. The van der Waals surface area contributed by atoms with Crippen molar-refractivity contribution < 1.29 is 8.42 Å². The Labute approximate surface area is 184 Å². The smallest absolute Gasteiger partial charge is 0.211 e. The maximum atomic E-state index is 11.9. The first-order chi connectivity index (χ1) is 14.7. The molecule has 0 fully saturated rings. The van der Waals surface area contributed by atoms with Gasteiger partial charge in [0.1, 0.15) is 0 Å². The van der Waals surface area contributed by atoms with Crippen molar-refractivity contribution in [2.45, 2.75) is 19.9 Å². The van der Waals surface area contributed by atoms with Gasteiger partial charge in [-0.25, -0.2) is 8.42 Å². The Morgan fingerprint density at radius 2 is 1.90 bits per heavy atom. The van der Waals surface area contributed by atoms with E-state index < -0.39 is 10.0 Å². The topological polar surface area (TPSA) is 65.5 Å². The Bertz CT molecular complexity index is 1200. The van der Waals surface area contributed by atoms with Gasteiger partial charge in [0, 0.05) is 44.1 Å². The number of rotatable bonds is 5. The number of hydrogen-bond acceptors (Lipinski definition) is 5. The van der Waals surface area contributed by atoms with Crippen molar-refractivity contribution in [1.29, 1.82) is 0 Å². The standard InChI is InChI=1S/C24H28N4O2S/c1-17-8-9-19(14-22(17)23-11-10-20(15-25-23)27(2)3)26-24-7-5-6-18-16-28(31(4,29)30)13-12-21(18)24/h5-11,14-15,26H,12-13,16H2,1-4H3. The fourth-order valence-corrected chi connectivity index (χ4v) is 4.72. The van der Waals surface area contributed by atoms with E-state index in [2.05, 4.69) is 47.6 Å². The zero-order valence-corrected chi connectivity index (χ0v) is 19.2. The Morgan fingerprint density at radius 3 is 2.58 bits per heavy atom. The van der Waals surface area contributed by atoms with E-state index >= 15 is 0 Å². The molecule has 2 aromatic carbocycles. The van der Waals surface area contributed by atoms with Gasteiger partial charge >= 0.3 is 0 Å². The van der Waals surface area contributed by atoms with E-state index in [-0.39, 0.29) is 0 Å². The second-order valence-electron chi connectivity index (χ2n) is 8.24. The molecule has 0 atom stereocenters. The molecular formula is C24H28N4O2S. The predicted molar refractivity (Wildman–Crippen MR) is 127 cm³/mol. The second-order valence-corrected chi connectivity index (χ2v) is 10.2. The lowest BCUT2D eigenvalue weighted by atomic mass is 9.98. The van der Waals surface area contributed by atoms with E-state index in [0.29, 0.717) is 19.5 Å². The number of sulfonamides is 1. The third-order valence-electron chi connectivity index (χ3n) is 5.76. The Hall–Kier alpha value is -2.90. The highest BCUT2D eigenvalue weighted by Crippen LogP contribution is 2.32. The van der Waals surface area contributed by atoms with E-state index in [4.69, 9.17) is 0 Å². The fourth-order valence-electron chi connectivity index (χ4n) is 3.92. The summed E-state index contributed by atoms with van der Waals surface area (Å²) in [4.78, 5) is 6.68. The highest BCUT2D eigenvalue weighted by atomic mass is 32.2. The monoisotopic (exact) mass is 436 g/mol. The third kappa shape index (κ3) is 4.57. The number of nitrogens with one attached hydrogen (secondary N) is 1. The van der Waals surface area contributed by atoms with Crippen LogP contribution in [-0.4, -0.2) is 44.6 Å². The summed E-state index contributed by atoms with van der Waals surface area (Å²) in [6, 6.07) is 16.4. The quantitative estimate of drug-likeness (QED) is 0.650. The maximum Gasteiger partial charge on any atom is 0.211 e. The summed E-state index contributed by atoms with van der Waals surface area (Å²) in [6.07, 6.45) is 3.85. The summed E-state index contributed by atoms with van der Waals surface area (Å²) in [7, 11) is 0.817. The van der Waals surface area contributed by atoms with Crippen molar-refractivity contribution in [2.24, 2.45) is 0 Å². The van der Waals surface area contributed by atoms with Crippen LogP contribution >= 0.6 is 0 Å². The average molecular weight is 437 g/mol. The van der Waals surface area contributed by atoms with Gasteiger partial charge in [0.2, 0.25) is 10.0 Å². The summed E-state index contributed by atoms with van der Waals surface area (Å²) in [6.45, 7) is 3.02. The minimum absolute atomic E-state index is 0.422. The van der Waals surface area contributed by atoms with Gasteiger partial charge in [0.15, 0.2) is 0 Å². The van der Waals surface area contributed by atoms with Gasteiger partial charge in [-0.05, 0) is 60.4 Å². The van der Waals surface area contributed by atoms with Crippen molar-refractivity contribution in [1.82, 2.24) is 9.29 Å². The molecule has 6 nitrogen and oxygen atoms in total. The van der Waals surface area contributed by atoms with Crippen LogP contribution in [0.4, 0.5) is 17.1 Å². The van der Waals surface area contributed by atoms with Crippen LogP contribution in [0.15, 0.2) is 54.7 Å². The Balaban J connectivity index is 1.62. The van der Waals surface area contributed by atoms with Crippen LogP contribution in [0.1, 0.15) is 16.7 Å². The average Bonchev–Trinajstić information content (AvgIpc) is 2.74. The van der Waals surface area contributed by atoms with Gasteiger partial charge in [0.25, 0.3) is 0 Å². The number of benzene rings is 2. The summed E-state index contributed by atoms with van der Waals surface area (Å²) in [5.74, 6) is 0. The molecule has 1 aromatic heterocycles.